The second-order valence-corrected chi connectivity index (χ2v) is 6.14. The van der Waals surface area contributed by atoms with E-state index in [1.54, 1.807) is 0 Å². The molecule has 3 nitrogen and oxygen atoms in total. The largest absolute Gasteiger partial charge is 0.355 e. The third-order valence-corrected chi connectivity index (χ3v) is 4.74. The van der Waals surface area contributed by atoms with Gasteiger partial charge in [0.05, 0.1) is 0 Å². The maximum absolute atomic E-state index is 11.9. The van der Waals surface area contributed by atoms with Crippen molar-refractivity contribution < 1.29 is 4.79 Å². The van der Waals surface area contributed by atoms with Gasteiger partial charge in [-0.05, 0) is 55.8 Å². The van der Waals surface area contributed by atoms with Gasteiger partial charge >= 0.3 is 0 Å². The molecule has 1 saturated heterocycles. The molecular weight excluding hydrogens is 248 g/mol. The third kappa shape index (κ3) is 3.21. The first-order valence-electron chi connectivity index (χ1n) is 7.88. The summed E-state index contributed by atoms with van der Waals surface area (Å²) in [4.78, 5) is 11.9. The van der Waals surface area contributed by atoms with Crippen LogP contribution in [0.5, 0.6) is 0 Å². The number of carbonyl (C=O) groups excluding carboxylic acids is 1. The summed E-state index contributed by atoms with van der Waals surface area (Å²) in [7, 11) is 0. The molecular formula is C17H24N2O. The third-order valence-electron chi connectivity index (χ3n) is 4.74. The Morgan fingerprint density at radius 2 is 2.20 bits per heavy atom. The number of carbonyl (C=O) groups is 1. The summed E-state index contributed by atoms with van der Waals surface area (Å²) in [6.07, 6.45) is 5.26. The number of amides is 1. The molecule has 1 aromatic carbocycles. The maximum atomic E-state index is 11.9. The molecule has 0 bridgehead atoms. The Balaban J connectivity index is 1.42. The average molecular weight is 272 g/mol. The fourth-order valence-electron chi connectivity index (χ4n) is 3.48. The fourth-order valence-corrected chi connectivity index (χ4v) is 3.48. The zero-order chi connectivity index (χ0) is 13.8. The van der Waals surface area contributed by atoms with Crippen LogP contribution in [0.25, 0.3) is 0 Å². The maximum Gasteiger partial charge on any atom is 0.220 e. The van der Waals surface area contributed by atoms with Crippen molar-refractivity contribution in [2.24, 2.45) is 5.92 Å². The van der Waals surface area contributed by atoms with Crippen LogP contribution in [0, 0.1) is 5.92 Å². The molecule has 2 atom stereocenters. The molecule has 1 aliphatic carbocycles. The van der Waals surface area contributed by atoms with Gasteiger partial charge in [-0.15, -0.1) is 0 Å². The molecule has 2 aliphatic rings. The lowest BCUT2D eigenvalue weighted by Gasteiger charge is -2.13. The fraction of sp³-hybridized carbons (Fsp3) is 0.588. The highest BCUT2D eigenvalue weighted by Gasteiger charge is 2.22. The van der Waals surface area contributed by atoms with Crippen molar-refractivity contribution in [3.05, 3.63) is 35.4 Å². The van der Waals surface area contributed by atoms with Crippen LogP contribution in [0.2, 0.25) is 0 Å². The molecule has 1 aliphatic heterocycles. The number of fused-ring (bicyclic) bond motifs is 1. The van der Waals surface area contributed by atoms with E-state index in [1.807, 2.05) is 0 Å². The van der Waals surface area contributed by atoms with Crippen LogP contribution in [0.3, 0.4) is 0 Å². The molecule has 0 spiro atoms. The normalized spacial score (nSPS) is 24.6. The Hall–Kier alpha value is -1.35. The minimum atomic E-state index is 0.223. The van der Waals surface area contributed by atoms with E-state index in [0.29, 0.717) is 18.3 Å². The lowest BCUT2D eigenvalue weighted by atomic mass is 10.0. The highest BCUT2D eigenvalue weighted by Crippen LogP contribution is 2.32. The number of benzene rings is 1. The number of rotatable bonds is 5. The topological polar surface area (TPSA) is 41.1 Å². The van der Waals surface area contributed by atoms with Crippen LogP contribution in [0.15, 0.2) is 24.3 Å². The first-order chi connectivity index (χ1) is 9.83. The number of hydrogen-bond acceptors (Lipinski definition) is 2. The standard InChI is InChI=1S/C17H24N2O/c20-17(8-5-13-9-10-18-11-13)19-12-15-7-6-14-3-1-2-4-16(14)15/h1-4,13,15,18H,5-12H2,(H,19,20). The van der Waals surface area contributed by atoms with Crippen LogP contribution >= 0.6 is 0 Å². The summed E-state index contributed by atoms with van der Waals surface area (Å²) in [6.45, 7) is 3.01. The summed E-state index contributed by atoms with van der Waals surface area (Å²) < 4.78 is 0. The summed E-state index contributed by atoms with van der Waals surface area (Å²) in [5, 5.41) is 6.48. The Bertz CT molecular complexity index is 466. The predicted octanol–water partition coefficient (Wildman–Crippen LogP) is 2.22. The van der Waals surface area contributed by atoms with Crippen LogP contribution in [-0.4, -0.2) is 25.5 Å². The van der Waals surface area contributed by atoms with E-state index < -0.39 is 0 Å². The van der Waals surface area contributed by atoms with Crippen molar-refractivity contribution >= 4 is 5.91 Å². The lowest BCUT2D eigenvalue weighted by molar-refractivity contribution is -0.121. The van der Waals surface area contributed by atoms with Crippen molar-refractivity contribution in [3.8, 4) is 0 Å². The van der Waals surface area contributed by atoms with Gasteiger partial charge in [-0.1, -0.05) is 24.3 Å². The molecule has 108 valence electrons. The summed E-state index contributed by atoms with van der Waals surface area (Å²) in [5.41, 5.74) is 2.90. The van der Waals surface area contributed by atoms with Crippen LogP contribution in [0.4, 0.5) is 0 Å². The van der Waals surface area contributed by atoms with Gasteiger partial charge in [0, 0.05) is 18.9 Å². The van der Waals surface area contributed by atoms with Gasteiger partial charge in [-0.25, -0.2) is 0 Å². The Morgan fingerprint density at radius 1 is 1.30 bits per heavy atom. The number of nitrogens with one attached hydrogen (secondary N) is 2. The molecule has 1 aromatic rings. The van der Waals surface area contributed by atoms with Gasteiger partial charge in [0.25, 0.3) is 0 Å². The Labute approximate surface area is 121 Å². The zero-order valence-electron chi connectivity index (χ0n) is 12.0. The van der Waals surface area contributed by atoms with Crippen molar-refractivity contribution in [1.82, 2.24) is 10.6 Å². The van der Waals surface area contributed by atoms with Gasteiger partial charge < -0.3 is 10.6 Å². The van der Waals surface area contributed by atoms with Crippen molar-refractivity contribution in [2.75, 3.05) is 19.6 Å². The van der Waals surface area contributed by atoms with Crippen LogP contribution in [-0.2, 0) is 11.2 Å². The monoisotopic (exact) mass is 272 g/mol. The minimum Gasteiger partial charge on any atom is -0.355 e. The summed E-state index contributed by atoms with van der Waals surface area (Å²) in [5.74, 6) is 1.44. The molecule has 3 rings (SSSR count). The van der Waals surface area contributed by atoms with Gasteiger partial charge in [-0.3, -0.25) is 4.79 Å². The highest BCUT2D eigenvalue weighted by atomic mass is 16.1. The molecule has 1 amide bonds. The average Bonchev–Trinajstić information content (AvgIpc) is 3.12. The Kier molecular flexibility index (Phi) is 4.36. The number of aryl methyl sites for hydroxylation is 1. The van der Waals surface area contributed by atoms with E-state index in [4.69, 9.17) is 0 Å². The highest BCUT2D eigenvalue weighted by molar-refractivity contribution is 5.75. The second kappa shape index (κ2) is 6.40. The lowest BCUT2D eigenvalue weighted by Crippen LogP contribution is -2.28. The van der Waals surface area contributed by atoms with Crippen molar-refractivity contribution in [1.29, 1.82) is 0 Å². The number of hydrogen-bond donors (Lipinski definition) is 2. The van der Waals surface area contributed by atoms with Crippen molar-refractivity contribution in [3.63, 3.8) is 0 Å². The van der Waals surface area contributed by atoms with Crippen molar-refractivity contribution in [2.45, 2.75) is 38.0 Å². The van der Waals surface area contributed by atoms with Gasteiger partial charge in [0.15, 0.2) is 0 Å². The first kappa shape index (κ1) is 13.6. The smallest absolute Gasteiger partial charge is 0.220 e. The minimum absolute atomic E-state index is 0.223. The predicted molar refractivity (Wildman–Crippen MR) is 80.7 cm³/mol. The second-order valence-electron chi connectivity index (χ2n) is 6.14. The summed E-state index contributed by atoms with van der Waals surface area (Å²) >= 11 is 0. The molecule has 20 heavy (non-hydrogen) atoms. The van der Waals surface area contributed by atoms with E-state index in [9.17, 15) is 4.79 Å². The SMILES string of the molecule is O=C(CCC1CCNC1)NCC1CCc2ccccc21. The molecule has 2 unspecified atom stereocenters. The van der Waals surface area contributed by atoms with E-state index in [2.05, 4.69) is 34.9 Å². The van der Waals surface area contributed by atoms with Gasteiger partial charge in [0.2, 0.25) is 5.91 Å². The van der Waals surface area contributed by atoms with Crippen LogP contribution in [0.1, 0.15) is 42.7 Å². The molecule has 1 fully saturated rings. The molecule has 0 radical (unpaired) electrons. The van der Waals surface area contributed by atoms with E-state index >= 15 is 0 Å². The quantitative estimate of drug-likeness (QED) is 0.863. The van der Waals surface area contributed by atoms with E-state index in [0.717, 1.165) is 32.5 Å². The Morgan fingerprint density at radius 3 is 3.05 bits per heavy atom. The molecule has 3 heteroatoms. The molecule has 0 saturated carbocycles. The van der Waals surface area contributed by atoms with Gasteiger partial charge in [-0.2, -0.15) is 0 Å². The van der Waals surface area contributed by atoms with E-state index in [1.165, 1.54) is 24.0 Å². The summed E-state index contributed by atoms with van der Waals surface area (Å²) in [6, 6.07) is 8.63. The molecule has 1 heterocycles. The van der Waals surface area contributed by atoms with E-state index in [-0.39, 0.29) is 5.91 Å². The zero-order valence-corrected chi connectivity index (χ0v) is 12.0. The molecule has 2 N–H and O–H groups in total. The van der Waals surface area contributed by atoms with Gasteiger partial charge in [0.1, 0.15) is 0 Å². The van der Waals surface area contributed by atoms with Crippen LogP contribution < -0.4 is 10.6 Å². The first-order valence-corrected chi connectivity index (χ1v) is 7.88. The molecule has 0 aromatic heterocycles.